The van der Waals surface area contributed by atoms with Crippen LogP contribution < -0.4 is 5.73 Å². The Kier molecular flexibility index (Phi) is 7.47. The Labute approximate surface area is 114 Å². The maximum atomic E-state index is 11.5. The average Bonchev–Trinajstić information content (AvgIpc) is 2.66. The minimum atomic E-state index is -0.568. The molecule has 0 fully saturated rings. The van der Waals surface area contributed by atoms with Crippen molar-refractivity contribution in [3.05, 3.63) is 11.1 Å². The summed E-state index contributed by atoms with van der Waals surface area (Å²) in [6, 6.07) is 0. The first kappa shape index (κ1) is 15.9. The van der Waals surface area contributed by atoms with Crippen molar-refractivity contribution in [2.45, 2.75) is 13.8 Å². The van der Waals surface area contributed by atoms with Gasteiger partial charge in [-0.1, -0.05) is 5.16 Å². The smallest absolute Gasteiger partial charge is 0.362 e. The third kappa shape index (κ3) is 4.70. The van der Waals surface area contributed by atoms with Crippen molar-refractivity contribution in [1.82, 2.24) is 4.98 Å². The molecule has 1 aromatic rings. The number of nitrogens with two attached hydrogens (primary N) is 1. The van der Waals surface area contributed by atoms with Crippen molar-refractivity contribution in [2.24, 2.45) is 5.16 Å². The molecule has 1 rings (SSSR count). The number of rotatable bonds is 5. The van der Waals surface area contributed by atoms with Crippen molar-refractivity contribution < 1.29 is 14.4 Å². The van der Waals surface area contributed by atoms with Crippen LogP contribution in [0.15, 0.2) is 10.5 Å². The van der Waals surface area contributed by atoms with E-state index in [4.69, 9.17) is 15.3 Å². The second kappa shape index (κ2) is 8.02. The number of thiazole rings is 1. The molecule has 1 heterocycles. The predicted octanol–water partition coefficient (Wildman–Crippen LogP) is 1.61. The summed E-state index contributed by atoms with van der Waals surface area (Å²) in [5.41, 5.74) is 5.89. The molecule has 0 aliphatic heterocycles. The van der Waals surface area contributed by atoms with E-state index in [1.165, 1.54) is 11.3 Å². The Morgan fingerprint density at radius 1 is 1.53 bits per heavy atom. The molecule has 2 N–H and O–H groups in total. The number of nitrogen functional groups attached to an aromatic ring is 1. The molecule has 17 heavy (non-hydrogen) atoms. The zero-order valence-electron chi connectivity index (χ0n) is 9.50. The molecule has 0 radical (unpaired) electrons. The molecule has 0 bridgehead atoms. The van der Waals surface area contributed by atoms with Crippen LogP contribution in [0.4, 0.5) is 5.13 Å². The molecule has 0 aliphatic carbocycles. The van der Waals surface area contributed by atoms with E-state index in [1.807, 2.05) is 0 Å². The number of esters is 1. The SMILES string of the molecule is Br.CCON=C(C(=O)OCC)c1csc(N)n1. The van der Waals surface area contributed by atoms with E-state index in [-0.39, 0.29) is 29.3 Å². The molecule has 6 nitrogen and oxygen atoms in total. The van der Waals surface area contributed by atoms with E-state index in [2.05, 4.69) is 10.1 Å². The minimum absolute atomic E-state index is 0. The number of ether oxygens (including phenoxy) is 1. The van der Waals surface area contributed by atoms with Gasteiger partial charge in [-0.2, -0.15) is 0 Å². The van der Waals surface area contributed by atoms with Crippen molar-refractivity contribution >= 4 is 45.1 Å². The maximum Gasteiger partial charge on any atom is 0.362 e. The van der Waals surface area contributed by atoms with Crippen molar-refractivity contribution in [1.29, 1.82) is 0 Å². The van der Waals surface area contributed by atoms with Crippen LogP contribution >= 0.6 is 28.3 Å². The van der Waals surface area contributed by atoms with Gasteiger partial charge in [0.1, 0.15) is 12.3 Å². The van der Waals surface area contributed by atoms with Crippen LogP contribution in [-0.2, 0) is 14.4 Å². The lowest BCUT2D eigenvalue weighted by Crippen LogP contribution is -2.19. The molecule has 0 spiro atoms. The van der Waals surface area contributed by atoms with Gasteiger partial charge >= 0.3 is 5.97 Å². The lowest BCUT2D eigenvalue weighted by molar-refractivity contribution is -0.135. The number of hydrogen-bond donors (Lipinski definition) is 1. The zero-order valence-corrected chi connectivity index (χ0v) is 12.0. The highest BCUT2D eigenvalue weighted by molar-refractivity contribution is 8.93. The van der Waals surface area contributed by atoms with E-state index in [0.29, 0.717) is 17.4 Å². The van der Waals surface area contributed by atoms with E-state index >= 15 is 0 Å². The Bertz CT molecular complexity index is 395. The first-order valence-corrected chi connectivity index (χ1v) is 5.65. The molecule has 0 unspecified atom stereocenters. The zero-order chi connectivity index (χ0) is 12.0. The van der Waals surface area contributed by atoms with E-state index in [9.17, 15) is 4.79 Å². The lowest BCUT2D eigenvalue weighted by atomic mass is 10.3. The van der Waals surface area contributed by atoms with Gasteiger partial charge in [0, 0.05) is 5.38 Å². The molecule has 0 saturated carbocycles. The van der Waals surface area contributed by atoms with Crippen LogP contribution in [-0.4, -0.2) is 29.9 Å². The van der Waals surface area contributed by atoms with E-state index < -0.39 is 5.97 Å². The summed E-state index contributed by atoms with van der Waals surface area (Å²) in [7, 11) is 0. The summed E-state index contributed by atoms with van der Waals surface area (Å²) < 4.78 is 4.84. The highest BCUT2D eigenvalue weighted by Crippen LogP contribution is 2.12. The first-order chi connectivity index (χ1) is 7.69. The number of aromatic nitrogens is 1. The normalized spacial score (nSPS) is 10.6. The second-order valence-electron chi connectivity index (χ2n) is 2.65. The van der Waals surface area contributed by atoms with Crippen molar-refractivity contribution in [3.63, 3.8) is 0 Å². The van der Waals surface area contributed by atoms with Gasteiger partial charge in [0.2, 0.25) is 5.71 Å². The summed E-state index contributed by atoms with van der Waals surface area (Å²) in [6.07, 6.45) is 0. The van der Waals surface area contributed by atoms with Gasteiger partial charge in [0.15, 0.2) is 5.13 Å². The van der Waals surface area contributed by atoms with Gasteiger partial charge in [0.05, 0.1) is 6.61 Å². The van der Waals surface area contributed by atoms with Gasteiger partial charge in [-0.15, -0.1) is 28.3 Å². The van der Waals surface area contributed by atoms with Gasteiger partial charge in [-0.25, -0.2) is 9.78 Å². The van der Waals surface area contributed by atoms with Crippen LogP contribution in [0.3, 0.4) is 0 Å². The van der Waals surface area contributed by atoms with E-state index in [0.717, 1.165) is 0 Å². The fourth-order valence-corrected chi connectivity index (χ4v) is 1.46. The summed E-state index contributed by atoms with van der Waals surface area (Å²) >= 11 is 1.22. The largest absolute Gasteiger partial charge is 0.461 e. The molecule has 8 heteroatoms. The second-order valence-corrected chi connectivity index (χ2v) is 3.54. The van der Waals surface area contributed by atoms with Crippen LogP contribution in [0.1, 0.15) is 19.5 Å². The van der Waals surface area contributed by atoms with Gasteiger partial charge < -0.3 is 15.3 Å². The fourth-order valence-electron chi connectivity index (χ4n) is 0.914. The number of nitrogens with zero attached hydrogens (tertiary/aromatic N) is 2. The summed E-state index contributed by atoms with van der Waals surface area (Å²) in [5, 5.41) is 5.67. The number of carbonyl (C=O) groups excluding carboxylic acids is 1. The Balaban J connectivity index is 0.00000256. The first-order valence-electron chi connectivity index (χ1n) is 4.77. The molecular formula is C9H14BrN3O3S. The third-order valence-electron chi connectivity index (χ3n) is 1.52. The van der Waals surface area contributed by atoms with Crippen LogP contribution in [0.2, 0.25) is 0 Å². The summed E-state index contributed by atoms with van der Waals surface area (Å²) in [4.78, 5) is 20.3. The van der Waals surface area contributed by atoms with Crippen LogP contribution in [0.5, 0.6) is 0 Å². The number of hydrogen-bond acceptors (Lipinski definition) is 7. The Hall–Kier alpha value is -1.15. The molecule has 0 aliphatic rings. The third-order valence-corrected chi connectivity index (χ3v) is 2.19. The van der Waals surface area contributed by atoms with Crippen LogP contribution in [0, 0.1) is 0 Å². The standard InChI is InChI=1S/C9H13N3O3S.BrH/c1-3-14-8(13)7(12-15-4-2)6-5-16-9(10)11-6;/h5H,3-4H2,1-2H3,(H2,10,11);1H. The Morgan fingerprint density at radius 3 is 2.71 bits per heavy atom. The minimum Gasteiger partial charge on any atom is -0.461 e. The fraction of sp³-hybridized carbons (Fsp3) is 0.444. The van der Waals surface area contributed by atoms with Crippen molar-refractivity contribution in [3.8, 4) is 0 Å². The van der Waals surface area contributed by atoms with Gasteiger partial charge in [-0.05, 0) is 13.8 Å². The topological polar surface area (TPSA) is 86.8 Å². The lowest BCUT2D eigenvalue weighted by Gasteiger charge is -2.02. The van der Waals surface area contributed by atoms with Crippen LogP contribution in [0.25, 0.3) is 0 Å². The number of carbonyl (C=O) groups is 1. The summed E-state index contributed by atoms with van der Waals surface area (Å²) in [6.45, 7) is 4.11. The average molecular weight is 324 g/mol. The summed E-state index contributed by atoms with van der Waals surface area (Å²) in [5.74, 6) is -0.568. The van der Waals surface area contributed by atoms with E-state index in [1.54, 1.807) is 19.2 Å². The van der Waals surface area contributed by atoms with Gasteiger partial charge in [-0.3, -0.25) is 0 Å². The number of anilines is 1. The molecule has 96 valence electrons. The highest BCUT2D eigenvalue weighted by atomic mass is 79.9. The number of oxime groups is 1. The predicted molar refractivity (Wildman–Crippen MR) is 71.6 cm³/mol. The molecule has 0 amide bonds. The highest BCUT2D eigenvalue weighted by Gasteiger charge is 2.19. The number of halogens is 1. The van der Waals surface area contributed by atoms with Gasteiger partial charge in [0.25, 0.3) is 0 Å². The molecular weight excluding hydrogens is 310 g/mol. The molecule has 1 aromatic heterocycles. The monoisotopic (exact) mass is 323 g/mol. The molecule has 0 aromatic carbocycles. The maximum absolute atomic E-state index is 11.5. The Morgan fingerprint density at radius 2 is 2.24 bits per heavy atom. The van der Waals surface area contributed by atoms with Crippen molar-refractivity contribution in [2.75, 3.05) is 18.9 Å². The molecule has 0 saturated heterocycles. The quantitative estimate of drug-likeness (QED) is 0.505. The molecule has 0 atom stereocenters.